The standard InChI is InChI=1S/C13H17F3OS/c1-3-5-9(6-4-2)12(17)10-7-18-8-11(10)13(14,15)16/h7-9H,3-6H2,1-2H3. The number of thiophene rings is 1. The molecule has 0 atom stereocenters. The Kier molecular flexibility index (Phi) is 5.38. The first-order chi connectivity index (χ1) is 8.41. The summed E-state index contributed by atoms with van der Waals surface area (Å²) in [4.78, 5) is 12.2. The van der Waals surface area contributed by atoms with Gasteiger partial charge in [0.25, 0.3) is 0 Å². The lowest BCUT2D eigenvalue weighted by Gasteiger charge is -2.15. The maximum atomic E-state index is 12.7. The Hall–Kier alpha value is -0.840. The fraction of sp³-hybridized carbons (Fsp3) is 0.615. The van der Waals surface area contributed by atoms with Gasteiger partial charge in [0.1, 0.15) is 0 Å². The van der Waals surface area contributed by atoms with Crippen molar-refractivity contribution in [1.82, 2.24) is 0 Å². The summed E-state index contributed by atoms with van der Waals surface area (Å²) >= 11 is 0.934. The van der Waals surface area contributed by atoms with Gasteiger partial charge in [0.15, 0.2) is 5.78 Å². The minimum Gasteiger partial charge on any atom is -0.294 e. The molecule has 102 valence electrons. The van der Waals surface area contributed by atoms with Gasteiger partial charge < -0.3 is 0 Å². The molecule has 18 heavy (non-hydrogen) atoms. The molecule has 0 aromatic carbocycles. The number of ketones is 1. The highest BCUT2D eigenvalue weighted by Gasteiger charge is 2.37. The topological polar surface area (TPSA) is 17.1 Å². The summed E-state index contributed by atoms with van der Waals surface area (Å²) in [7, 11) is 0. The zero-order valence-corrected chi connectivity index (χ0v) is 11.3. The van der Waals surface area contributed by atoms with Gasteiger partial charge in [0, 0.05) is 22.2 Å². The first-order valence-corrected chi connectivity index (χ1v) is 7.03. The lowest BCUT2D eigenvalue weighted by atomic mass is 9.89. The molecule has 0 saturated carbocycles. The van der Waals surface area contributed by atoms with Gasteiger partial charge in [-0.2, -0.15) is 24.5 Å². The van der Waals surface area contributed by atoms with Gasteiger partial charge >= 0.3 is 6.18 Å². The van der Waals surface area contributed by atoms with Gasteiger partial charge in [0.05, 0.1) is 5.56 Å². The maximum Gasteiger partial charge on any atom is 0.417 e. The normalized spacial score (nSPS) is 12.1. The Balaban J connectivity index is 2.98. The van der Waals surface area contributed by atoms with Gasteiger partial charge in [0.2, 0.25) is 0 Å². The van der Waals surface area contributed by atoms with Crippen LogP contribution in [0.2, 0.25) is 0 Å². The van der Waals surface area contributed by atoms with Crippen molar-refractivity contribution in [3.8, 4) is 0 Å². The third kappa shape index (κ3) is 3.57. The van der Waals surface area contributed by atoms with E-state index in [0.717, 1.165) is 29.6 Å². The third-order valence-corrected chi connectivity index (χ3v) is 3.62. The molecule has 0 unspecified atom stereocenters. The predicted molar refractivity (Wildman–Crippen MR) is 67.0 cm³/mol. The lowest BCUT2D eigenvalue weighted by Crippen LogP contribution is -2.18. The molecule has 1 aromatic heterocycles. The van der Waals surface area contributed by atoms with Gasteiger partial charge in [-0.1, -0.05) is 26.7 Å². The Labute approximate surface area is 109 Å². The molecule has 0 aliphatic rings. The molecule has 0 radical (unpaired) electrons. The van der Waals surface area contributed by atoms with E-state index >= 15 is 0 Å². The van der Waals surface area contributed by atoms with Crippen LogP contribution in [0.1, 0.15) is 55.5 Å². The van der Waals surface area contributed by atoms with Crippen molar-refractivity contribution >= 4 is 17.1 Å². The van der Waals surface area contributed by atoms with Crippen LogP contribution in [0.15, 0.2) is 10.8 Å². The number of alkyl halides is 3. The van der Waals surface area contributed by atoms with Crippen molar-refractivity contribution in [1.29, 1.82) is 0 Å². The average molecular weight is 278 g/mol. The van der Waals surface area contributed by atoms with E-state index in [4.69, 9.17) is 0 Å². The Morgan fingerprint density at radius 3 is 2.22 bits per heavy atom. The van der Waals surface area contributed by atoms with Crippen LogP contribution in [0.25, 0.3) is 0 Å². The molecule has 0 saturated heterocycles. The van der Waals surface area contributed by atoms with Crippen LogP contribution >= 0.6 is 11.3 Å². The molecule has 1 heterocycles. The van der Waals surface area contributed by atoms with E-state index in [-0.39, 0.29) is 17.3 Å². The summed E-state index contributed by atoms with van der Waals surface area (Å²) in [5.41, 5.74) is -0.936. The summed E-state index contributed by atoms with van der Waals surface area (Å²) in [5, 5.41) is 2.34. The van der Waals surface area contributed by atoms with Crippen molar-refractivity contribution < 1.29 is 18.0 Å². The molecule has 1 rings (SSSR count). The maximum absolute atomic E-state index is 12.7. The molecule has 1 aromatic rings. The fourth-order valence-electron chi connectivity index (χ4n) is 2.03. The first-order valence-electron chi connectivity index (χ1n) is 6.09. The van der Waals surface area contributed by atoms with E-state index < -0.39 is 11.7 Å². The van der Waals surface area contributed by atoms with Crippen LogP contribution in [-0.2, 0) is 6.18 Å². The molecule has 1 nitrogen and oxygen atoms in total. The lowest BCUT2D eigenvalue weighted by molar-refractivity contribution is -0.137. The number of carbonyl (C=O) groups is 1. The molecule has 0 aliphatic carbocycles. The minimum atomic E-state index is -4.44. The van der Waals surface area contributed by atoms with E-state index in [9.17, 15) is 18.0 Å². The molecule has 0 aliphatic heterocycles. The second kappa shape index (κ2) is 6.36. The monoisotopic (exact) mass is 278 g/mol. The zero-order chi connectivity index (χ0) is 13.8. The Bertz CT molecular complexity index is 389. The Morgan fingerprint density at radius 1 is 1.22 bits per heavy atom. The average Bonchev–Trinajstić information content (AvgIpc) is 2.76. The number of Topliss-reactive ketones (excluding diaryl/α,β-unsaturated/α-hetero) is 1. The van der Waals surface area contributed by atoms with Gasteiger partial charge in [-0.05, 0) is 12.8 Å². The summed E-state index contributed by atoms with van der Waals surface area (Å²) < 4.78 is 38.2. The van der Waals surface area contributed by atoms with Gasteiger partial charge in [-0.3, -0.25) is 4.79 Å². The van der Waals surface area contributed by atoms with Crippen molar-refractivity contribution in [2.24, 2.45) is 5.92 Å². The molecule has 0 spiro atoms. The van der Waals surface area contributed by atoms with E-state index in [2.05, 4.69) is 0 Å². The van der Waals surface area contributed by atoms with Crippen molar-refractivity contribution in [2.45, 2.75) is 45.7 Å². The molecule has 0 amide bonds. The number of hydrogen-bond donors (Lipinski definition) is 0. The molecular formula is C13H17F3OS. The van der Waals surface area contributed by atoms with Crippen LogP contribution in [0.4, 0.5) is 13.2 Å². The van der Waals surface area contributed by atoms with E-state index in [0.29, 0.717) is 12.8 Å². The second-order valence-corrected chi connectivity index (χ2v) is 5.08. The van der Waals surface area contributed by atoms with Crippen LogP contribution in [0, 0.1) is 5.92 Å². The largest absolute Gasteiger partial charge is 0.417 e. The van der Waals surface area contributed by atoms with Crippen molar-refractivity contribution in [2.75, 3.05) is 0 Å². The SMILES string of the molecule is CCCC(CCC)C(=O)c1cscc1C(F)(F)F. The second-order valence-electron chi connectivity index (χ2n) is 4.34. The van der Waals surface area contributed by atoms with Crippen molar-refractivity contribution in [3.05, 3.63) is 21.9 Å². The van der Waals surface area contributed by atoms with Crippen LogP contribution in [0.3, 0.4) is 0 Å². The fourth-order valence-corrected chi connectivity index (χ4v) is 2.87. The molecular weight excluding hydrogens is 261 g/mol. The van der Waals surface area contributed by atoms with Crippen LogP contribution in [-0.4, -0.2) is 5.78 Å². The van der Waals surface area contributed by atoms with Gasteiger partial charge in [-0.15, -0.1) is 0 Å². The van der Waals surface area contributed by atoms with Crippen LogP contribution in [0.5, 0.6) is 0 Å². The predicted octanol–water partition coefficient (Wildman–Crippen LogP) is 5.17. The third-order valence-electron chi connectivity index (χ3n) is 2.88. The highest BCUT2D eigenvalue weighted by molar-refractivity contribution is 7.08. The smallest absolute Gasteiger partial charge is 0.294 e. The Morgan fingerprint density at radius 2 is 1.78 bits per heavy atom. The zero-order valence-electron chi connectivity index (χ0n) is 10.5. The number of rotatable bonds is 6. The summed E-state index contributed by atoms with van der Waals surface area (Å²) in [6.45, 7) is 3.88. The van der Waals surface area contributed by atoms with Crippen molar-refractivity contribution in [3.63, 3.8) is 0 Å². The molecule has 0 bridgehead atoms. The number of carbonyl (C=O) groups excluding carboxylic acids is 1. The van der Waals surface area contributed by atoms with E-state index in [1.807, 2.05) is 13.8 Å². The number of hydrogen-bond acceptors (Lipinski definition) is 2. The highest BCUT2D eigenvalue weighted by Crippen LogP contribution is 2.36. The quantitative estimate of drug-likeness (QED) is 0.656. The summed E-state index contributed by atoms with van der Waals surface area (Å²) in [6.07, 6.45) is -1.52. The van der Waals surface area contributed by atoms with E-state index in [1.54, 1.807) is 0 Å². The van der Waals surface area contributed by atoms with E-state index in [1.165, 1.54) is 5.38 Å². The first kappa shape index (κ1) is 15.2. The molecule has 5 heteroatoms. The van der Waals surface area contributed by atoms with Crippen LogP contribution < -0.4 is 0 Å². The summed E-state index contributed by atoms with van der Waals surface area (Å²) in [5.74, 6) is -0.636. The minimum absolute atomic E-state index is 0.153. The van der Waals surface area contributed by atoms with Gasteiger partial charge in [-0.25, -0.2) is 0 Å². The number of halogens is 3. The summed E-state index contributed by atoms with van der Waals surface area (Å²) in [6, 6.07) is 0. The highest BCUT2D eigenvalue weighted by atomic mass is 32.1. The molecule has 0 N–H and O–H groups in total. The molecule has 0 fully saturated rings.